The number of para-hydroxylation sites is 2. The maximum atomic E-state index is 13.2. The summed E-state index contributed by atoms with van der Waals surface area (Å²) in [6, 6.07) is 20.2. The van der Waals surface area contributed by atoms with Gasteiger partial charge in [-0.15, -0.1) is 0 Å². The molecule has 8 nitrogen and oxygen atoms in total. The quantitative estimate of drug-likeness (QED) is 0.336. The third kappa shape index (κ3) is 3.25. The van der Waals surface area contributed by atoms with Crippen molar-refractivity contribution in [1.82, 2.24) is 29.2 Å². The second-order valence-corrected chi connectivity index (χ2v) is 9.46. The van der Waals surface area contributed by atoms with E-state index in [0.717, 1.165) is 57.4 Å². The fourth-order valence-corrected chi connectivity index (χ4v) is 5.46. The molecule has 6 aromatic rings. The summed E-state index contributed by atoms with van der Waals surface area (Å²) in [5.74, 6) is 1.68. The molecule has 1 aliphatic heterocycles. The van der Waals surface area contributed by atoms with Crippen molar-refractivity contribution in [1.29, 1.82) is 0 Å². The van der Waals surface area contributed by atoms with Crippen LogP contribution in [0, 0.1) is 0 Å². The van der Waals surface area contributed by atoms with Crippen molar-refractivity contribution in [3.8, 4) is 11.4 Å². The molecular weight excluding hydrogens is 450 g/mol. The van der Waals surface area contributed by atoms with E-state index in [1.807, 2.05) is 53.6 Å². The average Bonchev–Trinajstić information content (AvgIpc) is 3.63. The van der Waals surface area contributed by atoms with E-state index in [1.54, 1.807) is 6.20 Å². The van der Waals surface area contributed by atoms with Crippen LogP contribution < -0.4 is 5.73 Å². The smallest absolute Gasteiger partial charge is 0.270 e. The Morgan fingerprint density at radius 3 is 2.36 bits per heavy atom. The predicted octanol–water partition coefficient (Wildman–Crippen LogP) is 4.96. The van der Waals surface area contributed by atoms with E-state index in [-0.39, 0.29) is 11.8 Å². The summed E-state index contributed by atoms with van der Waals surface area (Å²) in [7, 11) is 0. The Balaban J connectivity index is 1.19. The molecule has 1 aliphatic rings. The van der Waals surface area contributed by atoms with Crippen LogP contribution in [0.2, 0.25) is 0 Å². The van der Waals surface area contributed by atoms with Gasteiger partial charge in [0.25, 0.3) is 5.91 Å². The van der Waals surface area contributed by atoms with Crippen LogP contribution in [0.5, 0.6) is 0 Å². The highest BCUT2D eigenvalue weighted by Gasteiger charge is 2.29. The number of hydrogen-bond acceptors (Lipinski definition) is 4. The molecule has 4 aromatic heterocycles. The van der Waals surface area contributed by atoms with E-state index < -0.39 is 0 Å². The maximum absolute atomic E-state index is 13.2. The fourth-order valence-electron chi connectivity index (χ4n) is 5.46. The lowest BCUT2D eigenvalue weighted by atomic mass is 9.95. The van der Waals surface area contributed by atoms with Crippen molar-refractivity contribution < 1.29 is 4.79 Å². The molecule has 0 saturated carbocycles. The average molecular weight is 476 g/mol. The number of carbonyl (C=O) groups excluding carboxylic acids is 1. The van der Waals surface area contributed by atoms with Gasteiger partial charge in [0, 0.05) is 53.2 Å². The Morgan fingerprint density at radius 1 is 0.944 bits per heavy atom. The van der Waals surface area contributed by atoms with Crippen LogP contribution >= 0.6 is 0 Å². The molecule has 8 heteroatoms. The molecule has 7 rings (SSSR count). The molecule has 2 aromatic carbocycles. The van der Waals surface area contributed by atoms with Crippen molar-refractivity contribution in [3.05, 3.63) is 84.6 Å². The summed E-state index contributed by atoms with van der Waals surface area (Å²) in [4.78, 5) is 31.3. The topological polar surface area (TPSA) is 108 Å². The first-order valence-electron chi connectivity index (χ1n) is 12.2. The number of anilines is 1. The Morgan fingerprint density at radius 2 is 1.64 bits per heavy atom. The number of aromatic nitrogens is 5. The van der Waals surface area contributed by atoms with Gasteiger partial charge in [-0.2, -0.15) is 0 Å². The van der Waals surface area contributed by atoms with Gasteiger partial charge in [-0.3, -0.25) is 9.20 Å². The van der Waals surface area contributed by atoms with E-state index >= 15 is 0 Å². The number of hydrogen-bond donors (Lipinski definition) is 3. The molecule has 0 bridgehead atoms. The van der Waals surface area contributed by atoms with Crippen LogP contribution in [0.3, 0.4) is 0 Å². The van der Waals surface area contributed by atoms with Crippen LogP contribution in [0.4, 0.5) is 5.82 Å². The third-order valence-corrected chi connectivity index (χ3v) is 7.30. The number of fused-ring (bicyclic) bond motifs is 3. The van der Waals surface area contributed by atoms with Gasteiger partial charge in [-0.05, 0) is 37.1 Å². The predicted molar refractivity (Wildman–Crippen MR) is 141 cm³/mol. The lowest BCUT2D eigenvalue weighted by Gasteiger charge is -2.31. The summed E-state index contributed by atoms with van der Waals surface area (Å²) in [5, 5.41) is 2.18. The minimum Gasteiger partial charge on any atom is -0.382 e. The standard InChI is InChI=1S/C28H25N7O/c29-26-25-24(22-15-18-5-1-3-7-20(18)31-22)33-27(35(25)14-11-30-26)17-9-12-34(13-10-17)28(36)23-16-19-6-2-4-8-21(19)32-23/h1-8,11,14-17,31-32H,9-10,12-13H2,(H2,29,30). The van der Waals surface area contributed by atoms with Crippen LogP contribution in [0.25, 0.3) is 38.7 Å². The molecular formula is C28H25N7O. The molecule has 1 saturated heterocycles. The second-order valence-electron chi connectivity index (χ2n) is 9.46. The summed E-state index contributed by atoms with van der Waals surface area (Å²) in [5.41, 5.74) is 11.6. The highest BCUT2D eigenvalue weighted by Crippen LogP contribution is 2.35. The van der Waals surface area contributed by atoms with Crippen molar-refractivity contribution >= 4 is 39.0 Å². The molecule has 5 heterocycles. The summed E-state index contributed by atoms with van der Waals surface area (Å²) in [6.45, 7) is 1.35. The Bertz CT molecular complexity index is 1680. The number of nitrogens with two attached hydrogens (primary N) is 1. The number of amides is 1. The van der Waals surface area contributed by atoms with Crippen molar-refractivity contribution in [3.63, 3.8) is 0 Å². The highest BCUT2D eigenvalue weighted by molar-refractivity contribution is 5.98. The molecule has 0 radical (unpaired) electrons. The van der Waals surface area contributed by atoms with Crippen molar-refractivity contribution in [2.24, 2.45) is 0 Å². The summed E-state index contributed by atoms with van der Waals surface area (Å²) < 4.78 is 2.07. The van der Waals surface area contributed by atoms with E-state index in [2.05, 4.69) is 37.6 Å². The zero-order chi connectivity index (χ0) is 24.2. The Labute approximate surface area is 206 Å². The number of carbonyl (C=O) groups is 1. The second kappa shape index (κ2) is 7.98. The number of rotatable bonds is 3. The first kappa shape index (κ1) is 20.8. The van der Waals surface area contributed by atoms with Gasteiger partial charge in [0.1, 0.15) is 28.5 Å². The SMILES string of the molecule is Nc1nccn2c(C3CCN(C(=O)c4cc5ccccc5[nH]4)CC3)nc(-c3cc4ccccc4[nH]3)c12. The first-order chi connectivity index (χ1) is 17.7. The number of benzene rings is 2. The zero-order valence-electron chi connectivity index (χ0n) is 19.6. The Kier molecular flexibility index (Phi) is 4.60. The van der Waals surface area contributed by atoms with Crippen LogP contribution in [-0.2, 0) is 0 Å². The van der Waals surface area contributed by atoms with Crippen LogP contribution in [-0.4, -0.2) is 48.2 Å². The molecule has 36 heavy (non-hydrogen) atoms. The number of H-pyrrole nitrogens is 2. The molecule has 1 amide bonds. The first-order valence-corrected chi connectivity index (χ1v) is 12.2. The minimum absolute atomic E-state index is 0.0461. The molecule has 0 unspecified atom stereocenters. The van der Waals surface area contributed by atoms with Gasteiger partial charge in [0.05, 0.1) is 5.69 Å². The van der Waals surface area contributed by atoms with Gasteiger partial charge >= 0.3 is 0 Å². The van der Waals surface area contributed by atoms with E-state index in [9.17, 15) is 4.79 Å². The van der Waals surface area contributed by atoms with Gasteiger partial charge in [0.2, 0.25) is 0 Å². The molecule has 0 aliphatic carbocycles. The molecule has 0 atom stereocenters. The van der Waals surface area contributed by atoms with E-state index in [1.165, 1.54) is 0 Å². The largest absolute Gasteiger partial charge is 0.382 e. The number of imidazole rings is 1. The number of nitrogens with one attached hydrogen (secondary N) is 2. The molecule has 178 valence electrons. The van der Waals surface area contributed by atoms with Crippen LogP contribution in [0.1, 0.15) is 35.1 Å². The van der Waals surface area contributed by atoms with Gasteiger partial charge in [-0.25, -0.2) is 9.97 Å². The minimum atomic E-state index is 0.0461. The number of aromatic amines is 2. The van der Waals surface area contributed by atoms with Crippen LogP contribution in [0.15, 0.2) is 73.1 Å². The number of nitrogens with zero attached hydrogens (tertiary/aromatic N) is 4. The lowest BCUT2D eigenvalue weighted by molar-refractivity contribution is 0.0706. The molecule has 0 spiro atoms. The van der Waals surface area contributed by atoms with Gasteiger partial charge < -0.3 is 20.6 Å². The summed E-state index contributed by atoms with van der Waals surface area (Å²) in [6.07, 6.45) is 5.32. The Hall–Kier alpha value is -4.59. The fraction of sp³-hybridized carbons (Fsp3) is 0.179. The number of likely N-dealkylation sites (tertiary alicyclic amines) is 1. The van der Waals surface area contributed by atoms with Gasteiger partial charge in [-0.1, -0.05) is 36.4 Å². The third-order valence-electron chi connectivity index (χ3n) is 7.30. The van der Waals surface area contributed by atoms with E-state index in [4.69, 9.17) is 10.7 Å². The highest BCUT2D eigenvalue weighted by atomic mass is 16.2. The molecule has 4 N–H and O–H groups in total. The number of piperidine rings is 1. The maximum Gasteiger partial charge on any atom is 0.270 e. The summed E-state index contributed by atoms with van der Waals surface area (Å²) >= 11 is 0. The van der Waals surface area contributed by atoms with Crippen molar-refractivity contribution in [2.75, 3.05) is 18.8 Å². The van der Waals surface area contributed by atoms with Crippen molar-refractivity contribution in [2.45, 2.75) is 18.8 Å². The van der Waals surface area contributed by atoms with Gasteiger partial charge in [0.15, 0.2) is 0 Å². The lowest BCUT2D eigenvalue weighted by Crippen LogP contribution is -2.38. The monoisotopic (exact) mass is 475 g/mol. The number of nitrogen functional groups attached to an aromatic ring is 1. The normalized spacial score (nSPS) is 14.8. The molecule has 1 fully saturated rings. The van der Waals surface area contributed by atoms with E-state index in [0.29, 0.717) is 24.6 Å². The zero-order valence-corrected chi connectivity index (χ0v) is 19.6.